The Morgan fingerprint density at radius 3 is 2.60 bits per heavy atom. The summed E-state index contributed by atoms with van der Waals surface area (Å²) in [7, 11) is 0. The zero-order valence-corrected chi connectivity index (χ0v) is 13.0. The molecule has 2 nitrogen and oxygen atoms in total. The van der Waals surface area contributed by atoms with Crippen LogP contribution in [-0.4, -0.2) is 25.4 Å². The predicted molar refractivity (Wildman–Crippen MR) is 69.0 cm³/mol. The van der Waals surface area contributed by atoms with Crippen LogP contribution in [-0.2, 0) is 3.07 Å². The van der Waals surface area contributed by atoms with Crippen LogP contribution in [0.3, 0.4) is 0 Å². The van der Waals surface area contributed by atoms with Crippen molar-refractivity contribution in [3.8, 4) is 0 Å². The average Bonchev–Trinajstić information content (AvgIpc) is 2.18. The molecule has 0 unspecified atom stereocenters. The van der Waals surface area contributed by atoms with E-state index in [0.717, 1.165) is 18.7 Å². The minimum absolute atomic E-state index is 0.858. The molecule has 0 aliphatic rings. The molecule has 0 saturated heterocycles. The van der Waals surface area contributed by atoms with Crippen molar-refractivity contribution in [1.29, 1.82) is 0 Å². The summed E-state index contributed by atoms with van der Waals surface area (Å²) in [6.45, 7) is 5.10. The number of hydrogen-bond donors (Lipinski definition) is 1. The van der Waals surface area contributed by atoms with Crippen molar-refractivity contribution in [3.63, 3.8) is 0 Å². The van der Waals surface area contributed by atoms with Crippen LogP contribution in [0, 0.1) is 6.92 Å². The van der Waals surface area contributed by atoms with Gasteiger partial charge in [0.2, 0.25) is 0 Å². The second-order valence-electron chi connectivity index (χ2n) is 4.45. The summed E-state index contributed by atoms with van der Waals surface area (Å²) < 4.78 is 7.32. The van der Waals surface area contributed by atoms with Gasteiger partial charge >= 0.3 is 97.4 Å². The van der Waals surface area contributed by atoms with E-state index >= 15 is 0 Å². The molecule has 0 fully saturated rings. The molecule has 2 N–H and O–H groups in total. The first-order chi connectivity index (χ1) is 6.97. The van der Waals surface area contributed by atoms with Crippen molar-refractivity contribution in [1.82, 2.24) is 0 Å². The molecule has 1 aromatic rings. The van der Waals surface area contributed by atoms with Gasteiger partial charge in [0, 0.05) is 0 Å². The van der Waals surface area contributed by atoms with Crippen LogP contribution in [0.25, 0.3) is 0 Å². The summed E-state index contributed by atoms with van der Waals surface area (Å²) in [5.41, 5.74) is 8.19. The summed E-state index contributed by atoms with van der Waals surface area (Å²) in [4.78, 5) is 4.55. The molecular formula is C12H21NOSn. The zero-order chi connectivity index (χ0) is 11.5. The molecule has 1 rings (SSSR count). The number of hydrogen-bond acceptors (Lipinski definition) is 2. The first kappa shape index (κ1) is 12.8. The van der Waals surface area contributed by atoms with E-state index in [1.807, 2.05) is 6.07 Å². The van der Waals surface area contributed by atoms with Gasteiger partial charge in [-0.2, -0.15) is 0 Å². The van der Waals surface area contributed by atoms with Gasteiger partial charge in [0.25, 0.3) is 0 Å². The van der Waals surface area contributed by atoms with Gasteiger partial charge in [-0.1, -0.05) is 0 Å². The third-order valence-corrected chi connectivity index (χ3v) is 10.1. The molecule has 84 valence electrons. The predicted octanol–water partition coefficient (Wildman–Crippen LogP) is 2.42. The van der Waals surface area contributed by atoms with E-state index in [1.54, 1.807) is 0 Å². The Kier molecular flexibility index (Phi) is 4.46. The Labute approximate surface area is 97.2 Å². The molecule has 0 aromatic heterocycles. The second kappa shape index (κ2) is 5.21. The summed E-state index contributed by atoms with van der Waals surface area (Å²) in [5.74, 6) is 0. The Balaban J connectivity index is 2.97. The molecule has 0 heterocycles. The Morgan fingerprint density at radius 2 is 2.00 bits per heavy atom. The van der Waals surface area contributed by atoms with Crippen molar-refractivity contribution in [2.45, 2.75) is 30.1 Å². The van der Waals surface area contributed by atoms with Crippen molar-refractivity contribution in [2.75, 3.05) is 12.3 Å². The minimum atomic E-state index is -2.57. The monoisotopic (exact) mass is 315 g/mol. The number of aryl methyl sites for hydroxylation is 1. The molecule has 0 amide bonds. The Morgan fingerprint density at radius 1 is 1.33 bits per heavy atom. The molecule has 0 saturated carbocycles. The van der Waals surface area contributed by atoms with Gasteiger partial charge in [0.05, 0.1) is 0 Å². The summed E-state index contributed by atoms with van der Waals surface area (Å²) in [5, 5.41) is 0. The Bertz CT molecular complexity index is 336. The maximum absolute atomic E-state index is 6.03. The van der Waals surface area contributed by atoms with E-state index in [2.05, 4.69) is 35.9 Å². The van der Waals surface area contributed by atoms with Crippen LogP contribution in [0.5, 0.6) is 0 Å². The van der Waals surface area contributed by atoms with Gasteiger partial charge in [0.1, 0.15) is 0 Å². The molecule has 0 radical (unpaired) electrons. The molecule has 0 aliphatic heterocycles. The van der Waals surface area contributed by atoms with Crippen LogP contribution in [0.2, 0.25) is 9.88 Å². The molecule has 0 spiro atoms. The normalized spacial score (nSPS) is 11.7. The van der Waals surface area contributed by atoms with Gasteiger partial charge in [-0.05, 0) is 0 Å². The number of nitrogen functional groups attached to an aromatic ring is 1. The molecule has 3 heteroatoms. The van der Waals surface area contributed by atoms with Crippen molar-refractivity contribution in [2.24, 2.45) is 0 Å². The van der Waals surface area contributed by atoms with Gasteiger partial charge < -0.3 is 0 Å². The van der Waals surface area contributed by atoms with Gasteiger partial charge in [-0.3, -0.25) is 0 Å². The number of rotatable bonds is 4. The van der Waals surface area contributed by atoms with Gasteiger partial charge in [0.15, 0.2) is 0 Å². The molecule has 1 aromatic carbocycles. The third kappa shape index (κ3) is 3.38. The van der Waals surface area contributed by atoms with E-state index in [4.69, 9.17) is 8.81 Å². The first-order valence-corrected chi connectivity index (χ1v) is 13.8. The molecule has 15 heavy (non-hydrogen) atoms. The van der Waals surface area contributed by atoms with Crippen LogP contribution in [0.1, 0.15) is 18.9 Å². The van der Waals surface area contributed by atoms with Crippen LogP contribution in [0.15, 0.2) is 18.2 Å². The standard InChI is InChI=1S/C7H8N.C3H7O.2CH3.Sn/c1-6-2-4-7(8)5-3-6;1-2-3-4;;;/h2-4H,8H2,1H3;2-3H2,1H3;2*1H3;/q;-1;;;+1. The number of anilines is 1. The van der Waals surface area contributed by atoms with Crippen molar-refractivity contribution >= 4 is 28.1 Å². The molecule has 0 aliphatic carbocycles. The van der Waals surface area contributed by atoms with Crippen LogP contribution >= 0.6 is 0 Å². The van der Waals surface area contributed by atoms with Gasteiger partial charge in [-0.25, -0.2) is 0 Å². The average molecular weight is 314 g/mol. The van der Waals surface area contributed by atoms with Crippen molar-refractivity contribution < 1.29 is 3.07 Å². The third-order valence-electron chi connectivity index (χ3n) is 2.52. The van der Waals surface area contributed by atoms with Crippen LogP contribution in [0.4, 0.5) is 5.69 Å². The van der Waals surface area contributed by atoms with Crippen LogP contribution < -0.4 is 9.31 Å². The summed E-state index contributed by atoms with van der Waals surface area (Å²) in [6.07, 6.45) is 1.08. The fourth-order valence-electron chi connectivity index (χ4n) is 1.63. The molecular weight excluding hydrogens is 293 g/mol. The first-order valence-electron chi connectivity index (χ1n) is 5.48. The fourth-order valence-corrected chi connectivity index (χ4v) is 7.97. The fraction of sp³-hybridized carbons (Fsp3) is 0.500. The zero-order valence-electron chi connectivity index (χ0n) is 10.1. The number of benzene rings is 1. The number of nitrogens with two attached hydrogens (primary N) is 1. The second-order valence-corrected chi connectivity index (χ2v) is 15.4. The SMILES string of the molecule is CCC[O][Sn]([CH3])([CH3])[c]1cc(C)ccc1N. The Hall–Kier alpha value is -0.221. The van der Waals surface area contributed by atoms with E-state index in [0.29, 0.717) is 0 Å². The van der Waals surface area contributed by atoms with E-state index in [9.17, 15) is 0 Å². The summed E-state index contributed by atoms with van der Waals surface area (Å²) >= 11 is -2.57. The van der Waals surface area contributed by atoms with Gasteiger partial charge in [-0.15, -0.1) is 0 Å². The maximum atomic E-state index is 6.03. The topological polar surface area (TPSA) is 35.2 Å². The molecule has 0 atom stereocenters. The van der Waals surface area contributed by atoms with E-state index in [1.165, 1.54) is 9.14 Å². The summed E-state index contributed by atoms with van der Waals surface area (Å²) in [6, 6.07) is 6.25. The quantitative estimate of drug-likeness (QED) is 0.684. The molecule has 0 bridgehead atoms. The van der Waals surface area contributed by atoms with E-state index < -0.39 is 18.8 Å². The van der Waals surface area contributed by atoms with Crippen molar-refractivity contribution in [3.05, 3.63) is 23.8 Å². The van der Waals surface area contributed by atoms with E-state index in [-0.39, 0.29) is 0 Å².